The Morgan fingerprint density at radius 1 is 1.57 bits per heavy atom. The molecule has 0 aliphatic carbocycles. The summed E-state index contributed by atoms with van der Waals surface area (Å²) in [5.41, 5.74) is 5.17. The van der Waals surface area contributed by atoms with Crippen LogP contribution in [0.4, 0.5) is 0 Å². The van der Waals surface area contributed by atoms with Crippen molar-refractivity contribution in [3.05, 3.63) is 12.7 Å². The second-order valence-electron chi connectivity index (χ2n) is 1.22. The lowest BCUT2D eigenvalue weighted by atomic mass is 10.3. The molecule has 0 spiro atoms. The van der Waals surface area contributed by atoms with Gasteiger partial charge in [-0.15, -0.1) is 19.0 Å². The fraction of sp³-hybridized carbons (Fsp3) is 0.600. The molecule has 0 atom stereocenters. The number of nitrogens with two attached hydrogens (primary N) is 1. The molecule has 1 nitrogen and oxygen atoms in total. The fourth-order valence-corrected chi connectivity index (χ4v) is 0.262. The SMILES string of the molecule is C=CCCCN.Cl. The maximum atomic E-state index is 5.17. The number of rotatable bonds is 3. The Balaban J connectivity index is 0. The molecule has 0 bridgehead atoms. The van der Waals surface area contributed by atoms with Crippen molar-refractivity contribution in [3.63, 3.8) is 0 Å². The molecule has 2 heteroatoms. The standard InChI is InChI=1S/C5H11N.ClH/c1-2-3-4-5-6;/h2H,1,3-6H2;1H. The zero-order chi connectivity index (χ0) is 4.83. The predicted octanol–water partition coefficient (Wildman–Crippen LogP) is 1.33. The van der Waals surface area contributed by atoms with E-state index in [0.29, 0.717) is 0 Å². The zero-order valence-electron chi connectivity index (χ0n) is 4.39. The van der Waals surface area contributed by atoms with E-state index in [1.165, 1.54) is 0 Å². The molecule has 0 rings (SSSR count). The Hall–Kier alpha value is -0.0100. The summed E-state index contributed by atoms with van der Waals surface area (Å²) in [5.74, 6) is 0. The molecule has 44 valence electrons. The van der Waals surface area contributed by atoms with Crippen molar-refractivity contribution in [1.82, 2.24) is 0 Å². The van der Waals surface area contributed by atoms with Crippen LogP contribution >= 0.6 is 12.4 Å². The maximum Gasteiger partial charge on any atom is -0.00743 e. The summed E-state index contributed by atoms with van der Waals surface area (Å²) in [6.45, 7) is 4.33. The van der Waals surface area contributed by atoms with Crippen molar-refractivity contribution in [2.45, 2.75) is 12.8 Å². The Morgan fingerprint density at radius 2 is 2.14 bits per heavy atom. The summed E-state index contributed by atoms with van der Waals surface area (Å²) in [7, 11) is 0. The lowest BCUT2D eigenvalue weighted by Crippen LogP contribution is -1.96. The van der Waals surface area contributed by atoms with Crippen LogP contribution in [0.1, 0.15) is 12.8 Å². The van der Waals surface area contributed by atoms with Crippen LogP contribution in [0.25, 0.3) is 0 Å². The van der Waals surface area contributed by atoms with E-state index in [0.717, 1.165) is 19.4 Å². The van der Waals surface area contributed by atoms with Gasteiger partial charge in [-0.1, -0.05) is 6.08 Å². The van der Waals surface area contributed by atoms with Gasteiger partial charge in [-0.2, -0.15) is 0 Å². The molecule has 0 saturated carbocycles. The van der Waals surface area contributed by atoms with E-state index in [-0.39, 0.29) is 12.4 Å². The number of unbranched alkanes of at least 4 members (excludes halogenated alkanes) is 1. The molecule has 0 fully saturated rings. The molecule has 0 aromatic rings. The largest absolute Gasteiger partial charge is 0.330 e. The van der Waals surface area contributed by atoms with Crippen LogP contribution in [0, 0.1) is 0 Å². The van der Waals surface area contributed by atoms with E-state index >= 15 is 0 Å². The van der Waals surface area contributed by atoms with Gasteiger partial charge in [0.1, 0.15) is 0 Å². The quantitative estimate of drug-likeness (QED) is 0.443. The third-order valence-corrected chi connectivity index (χ3v) is 0.612. The van der Waals surface area contributed by atoms with Crippen molar-refractivity contribution in [2.24, 2.45) is 5.73 Å². The molecular formula is C5H12ClN. The van der Waals surface area contributed by atoms with Crippen molar-refractivity contribution in [2.75, 3.05) is 6.54 Å². The zero-order valence-corrected chi connectivity index (χ0v) is 5.21. The average Bonchev–Trinajstić information content (AvgIpc) is 1.61. The fourth-order valence-electron chi connectivity index (χ4n) is 0.262. The number of hydrogen-bond acceptors (Lipinski definition) is 1. The van der Waals surface area contributed by atoms with Crippen molar-refractivity contribution in [1.29, 1.82) is 0 Å². The summed E-state index contributed by atoms with van der Waals surface area (Å²) in [4.78, 5) is 0. The van der Waals surface area contributed by atoms with E-state index in [1.54, 1.807) is 0 Å². The molecule has 0 unspecified atom stereocenters. The highest BCUT2D eigenvalue weighted by molar-refractivity contribution is 5.85. The molecule has 0 aromatic heterocycles. The van der Waals surface area contributed by atoms with Gasteiger partial charge in [0.25, 0.3) is 0 Å². The van der Waals surface area contributed by atoms with E-state index in [9.17, 15) is 0 Å². The average molecular weight is 122 g/mol. The highest BCUT2D eigenvalue weighted by Gasteiger charge is 1.71. The predicted molar refractivity (Wildman–Crippen MR) is 35.7 cm³/mol. The molecule has 2 N–H and O–H groups in total. The van der Waals surface area contributed by atoms with Crippen LogP contribution in [0.3, 0.4) is 0 Å². The van der Waals surface area contributed by atoms with Crippen LogP contribution in [0.2, 0.25) is 0 Å². The monoisotopic (exact) mass is 121 g/mol. The van der Waals surface area contributed by atoms with Crippen LogP contribution in [-0.4, -0.2) is 6.54 Å². The Kier molecular flexibility index (Phi) is 13.5. The van der Waals surface area contributed by atoms with Crippen molar-refractivity contribution < 1.29 is 0 Å². The Morgan fingerprint density at radius 3 is 2.29 bits per heavy atom. The summed E-state index contributed by atoms with van der Waals surface area (Å²) < 4.78 is 0. The first-order valence-electron chi connectivity index (χ1n) is 2.22. The van der Waals surface area contributed by atoms with Crippen LogP contribution in [0.15, 0.2) is 12.7 Å². The lowest BCUT2D eigenvalue weighted by molar-refractivity contribution is 0.856. The minimum Gasteiger partial charge on any atom is -0.330 e. The van der Waals surface area contributed by atoms with Gasteiger partial charge in [0, 0.05) is 0 Å². The van der Waals surface area contributed by atoms with Gasteiger partial charge in [0.05, 0.1) is 0 Å². The highest BCUT2D eigenvalue weighted by atomic mass is 35.5. The van der Waals surface area contributed by atoms with Gasteiger partial charge in [-0.25, -0.2) is 0 Å². The molecular weight excluding hydrogens is 110 g/mol. The van der Waals surface area contributed by atoms with Gasteiger partial charge in [-0.05, 0) is 19.4 Å². The minimum atomic E-state index is 0. The first-order valence-corrected chi connectivity index (χ1v) is 2.22. The number of halogens is 1. The van der Waals surface area contributed by atoms with E-state index < -0.39 is 0 Å². The number of hydrogen-bond donors (Lipinski definition) is 1. The van der Waals surface area contributed by atoms with E-state index in [1.807, 2.05) is 6.08 Å². The number of allylic oxidation sites excluding steroid dienone is 1. The first kappa shape index (κ1) is 10.1. The minimum absolute atomic E-state index is 0. The van der Waals surface area contributed by atoms with Crippen molar-refractivity contribution >= 4 is 12.4 Å². The van der Waals surface area contributed by atoms with Gasteiger partial charge in [0.15, 0.2) is 0 Å². The third kappa shape index (κ3) is 10.7. The molecule has 0 saturated heterocycles. The molecule has 7 heavy (non-hydrogen) atoms. The molecule has 0 amide bonds. The van der Waals surface area contributed by atoms with Gasteiger partial charge < -0.3 is 5.73 Å². The second-order valence-corrected chi connectivity index (χ2v) is 1.22. The van der Waals surface area contributed by atoms with Crippen LogP contribution in [0.5, 0.6) is 0 Å². The smallest absolute Gasteiger partial charge is 0.00743 e. The van der Waals surface area contributed by atoms with E-state index in [4.69, 9.17) is 5.73 Å². The van der Waals surface area contributed by atoms with Crippen LogP contribution in [-0.2, 0) is 0 Å². The molecule has 0 aliphatic rings. The summed E-state index contributed by atoms with van der Waals surface area (Å²) in [6, 6.07) is 0. The molecule has 0 radical (unpaired) electrons. The summed E-state index contributed by atoms with van der Waals surface area (Å²) >= 11 is 0. The highest BCUT2D eigenvalue weighted by Crippen LogP contribution is 1.82. The van der Waals surface area contributed by atoms with E-state index in [2.05, 4.69) is 6.58 Å². The van der Waals surface area contributed by atoms with Crippen molar-refractivity contribution in [3.8, 4) is 0 Å². The van der Waals surface area contributed by atoms with Gasteiger partial charge in [-0.3, -0.25) is 0 Å². The lowest BCUT2D eigenvalue weighted by Gasteiger charge is -1.82. The summed E-state index contributed by atoms with van der Waals surface area (Å²) in [6.07, 6.45) is 4.01. The maximum absolute atomic E-state index is 5.17. The Labute approximate surface area is 51.0 Å². The molecule has 0 heterocycles. The normalized spacial score (nSPS) is 7.00. The molecule has 0 aromatic carbocycles. The Bertz CT molecular complexity index is 37.1. The third-order valence-electron chi connectivity index (χ3n) is 0.612. The molecule has 0 aliphatic heterocycles. The second kappa shape index (κ2) is 9.37. The summed E-state index contributed by atoms with van der Waals surface area (Å²) in [5, 5.41) is 0. The van der Waals surface area contributed by atoms with Gasteiger partial charge >= 0.3 is 0 Å². The topological polar surface area (TPSA) is 26.0 Å². The van der Waals surface area contributed by atoms with Crippen LogP contribution < -0.4 is 5.73 Å². The van der Waals surface area contributed by atoms with Gasteiger partial charge in [0.2, 0.25) is 0 Å². The first-order chi connectivity index (χ1) is 2.91.